The van der Waals surface area contributed by atoms with Crippen LogP contribution in [0.3, 0.4) is 0 Å². The van der Waals surface area contributed by atoms with Gasteiger partial charge in [0.05, 0.1) is 18.3 Å². The van der Waals surface area contributed by atoms with E-state index < -0.39 is 19.8 Å². The van der Waals surface area contributed by atoms with Gasteiger partial charge in [-0.15, -0.1) is 0 Å². The van der Waals surface area contributed by atoms with Crippen LogP contribution in [0, 0.1) is 23.2 Å². The number of ether oxygens (including phenoxy) is 1. The molecule has 0 aromatic carbocycles. The molecule has 0 spiro atoms. The fourth-order valence-corrected chi connectivity index (χ4v) is 6.99. The molecule has 3 aliphatic carbocycles. The average molecular weight is 419 g/mol. The van der Waals surface area contributed by atoms with Crippen molar-refractivity contribution in [3.63, 3.8) is 0 Å². The lowest BCUT2D eigenvalue weighted by Gasteiger charge is -2.52. The summed E-state index contributed by atoms with van der Waals surface area (Å²) in [5.41, 5.74) is 1.06. The van der Waals surface area contributed by atoms with Crippen LogP contribution in [0.2, 0.25) is 18.1 Å². The molecule has 4 rings (SSSR count). The van der Waals surface area contributed by atoms with Crippen LogP contribution in [-0.2, 0) is 18.8 Å². The number of hydrogen-bond donors (Lipinski definition) is 1. The molecule has 0 radical (unpaired) electrons. The molecular weight excluding hydrogens is 384 g/mol. The number of rotatable bonds is 2. The number of allylic oxidation sites excluding steroid dienone is 2. The molecule has 0 aromatic rings. The van der Waals surface area contributed by atoms with Crippen LogP contribution < -0.4 is 0 Å². The van der Waals surface area contributed by atoms with Crippen molar-refractivity contribution in [2.45, 2.75) is 84.2 Å². The number of ketones is 1. The lowest BCUT2D eigenvalue weighted by Crippen LogP contribution is -2.54. The molecule has 4 aliphatic rings. The van der Waals surface area contributed by atoms with E-state index in [-0.39, 0.29) is 40.6 Å². The lowest BCUT2D eigenvalue weighted by molar-refractivity contribution is -0.141. The first-order valence-electron chi connectivity index (χ1n) is 10.8. The molecule has 5 nitrogen and oxygen atoms in total. The van der Waals surface area contributed by atoms with E-state index in [9.17, 15) is 14.7 Å². The van der Waals surface area contributed by atoms with Gasteiger partial charge in [0.1, 0.15) is 6.10 Å². The van der Waals surface area contributed by atoms with E-state index >= 15 is 0 Å². The summed E-state index contributed by atoms with van der Waals surface area (Å²) in [5.74, 6) is 0.527. The predicted molar refractivity (Wildman–Crippen MR) is 112 cm³/mol. The highest BCUT2D eigenvalue weighted by Gasteiger charge is 2.64. The summed E-state index contributed by atoms with van der Waals surface area (Å²) in [6.45, 7) is 14.9. The predicted octanol–water partition coefficient (Wildman–Crippen LogP) is 4.13. The van der Waals surface area contributed by atoms with Crippen molar-refractivity contribution >= 4 is 20.1 Å². The maximum absolute atomic E-state index is 13.4. The van der Waals surface area contributed by atoms with Gasteiger partial charge in [-0.1, -0.05) is 27.7 Å². The number of aliphatic hydroxyl groups is 1. The lowest BCUT2D eigenvalue weighted by atomic mass is 9.53. The van der Waals surface area contributed by atoms with Gasteiger partial charge in [-0.05, 0) is 42.3 Å². The number of hydrogen-bond acceptors (Lipinski definition) is 5. The molecule has 1 N–H and O–H groups in total. The standard InChI is InChI=1S/C23H34O5Si/c1-12-8-16(24)15-11-18(28-29(6,7)22(2,3)4)13-9-17-14(10-19(25)27-17)20(13)23(15,5)21(12)26/h8,14-17,20,24H,9-11H2,1-7H3/t14-,15+,16+,17-,20-,23-/m0/s1. The third-order valence-electron chi connectivity index (χ3n) is 8.43. The van der Waals surface area contributed by atoms with Crippen molar-refractivity contribution in [2.75, 3.05) is 0 Å². The number of aliphatic hydroxyl groups excluding tert-OH is 1. The van der Waals surface area contributed by atoms with Crippen molar-refractivity contribution in [3.8, 4) is 0 Å². The molecule has 1 aliphatic heterocycles. The number of carbonyl (C=O) groups is 2. The van der Waals surface area contributed by atoms with E-state index in [4.69, 9.17) is 9.16 Å². The van der Waals surface area contributed by atoms with Crippen molar-refractivity contribution in [1.29, 1.82) is 0 Å². The van der Waals surface area contributed by atoms with Gasteiger partial charge >= 0.3 is 5.97 Å². The molecule has 0 amide bonds. The summed E-state index contributed by atoms with van der Waals surface area (Å²) in [4.78, 5) is 25.5. The first-order valence-corrected chi connectivity index (χ1v) is 13.7. The molecule has 2 fully saturated rings. The number of fused-ring (bicyclic) bond motifs is 5. The summed E-state index contributed by atoms with van der Waals surface area (Å²) in [5, 5.41) is 11.0. The molecule has 1 heterocycles. The van der Waals surface area contributed by atoms with Gasteiger partial charge in [0.25, 0.3) is 0 Å². The maximum Gasteiger partial charge on any atom is 0.306 e. The Hall–Kier alpha value is -1.40. The molecule has 6 atom stereocenters. The van der Waals surface area contributed by atoms with Crippen LogP contribution in [0.25, 0.3) is 0 Å². The smallest absolute Gasteiger partial charge is 0.306 e. The molecule has 1 saturated heterocycles. The second kappa shape index (κ2) is 6.30. The van der Waals surface area contributed by atoms with Gasteiger partial charge in [-0.2, -0.15) is 0 Å². The van der Waals surface area contributed by atoms with Crippen LogP contribution >= 0.6 is 0 Å². The zero-order valence-corrected chi connectivity index (χ0v) is 19.7. The first-order chi connectivity index (χ1) is 13.3. The van der Waals surface area contributed by atoms with E-state index in [2.05, 4.69) is 33.9 Å². The van der Waals surface area contributed by atoms with Crippen molar-refractivity contribution in [1.82, 2.24) is 0 Å². The summed E-state index contributed by atoms with van der Waals surface area (Å²) < 4.78 is 12.4. The van der Waals surface area contributed by atoms with E-state index in [1.807, 2.05) is 6.92 Å². The Labute approximate surface area is 174 Å². The maximum atomic E-state index is 13.4. The molecular formula is C23H34O5Si. The monoisotopic (exact) mass is 418 g/mol. The highest BCUT2D eigenvalue weighted by molar-refractivity contribution is 6.74. The molecule has 1 saturated carbocycles. The van der Waals surface area contributed by atoms with Gasteiger partial charge in [-0.25, -0.2) is 0 Å². The van der Waals surface area contributed by atoms with Crippen LogP contribution in [0.1, 0.15) is 53.9 Å². The SMILES string of the molecule is CC1=C[C@@H](O)[C@H]2CC(O[Si](C)(C)C(C)(C)C)=C3C[C@@H]4OC(=O)C[C@@H]4[C@H]3[C@@]2(C)C1=O. The average Bonchev–Trinajstić information content (AvgIpc) is 3.10. The van der Waals surface area contributed by atoms with E-state index in [1.165, 1.54) is 0 Å². The van der Waals surface area contributed by atoms with Crippen LogP contribution in [0.15, 0.2) is 23.0 Å². The number of esters is 1. The van der Waals surface area contributed by atoms with Crippen LogP contribution in [0.4, 0.5) is 0 Å². The van der Waals surface area contributed by atoms with Gasteiger partial charge < -0.3 is 14.3 Å². The van der Waals surface area contributed by atoms with Gasteiger partial charge in [-0.3, -0.25) is 9.59 Å². The van der Waals surface area contributed by atoms with E-state index in [0.29, 0.717) is 24.8 Å². The number of carbonyl (C=O) groups excluding carboxylic acids is 2. The van der Waals surface area contributed by atoms with E-state index in [0.717, 1.165) is 11.3 Å². The molecule has 160 valence electrons. The molecule has 29 heavy (non-hydrogen) atoms. The van der Waals surface area contributed by atoms with E-state index in [1.54, 1.807) is 13.0 Å². The molecule has 0 unspecified atom stereocenters. The summed E-state index contributed by atoms with van der Waals surface area (Å²) in [6, 6.07) is 0. The Balaban J connectivity index is 1.84. The van der Waals surface area contributed by atoms with Crippen LogP contribution in [-0.4, -0.2) is 37.4 Å². The van der Waals surface area contributed by atoms with Crippen molar-refractivity contribution in [2.24, 2.45) is 23.2 Å². The zero-order valence-electron chi connectivity index (χ0n) is 18.7. The third kappa shape index (κ3) is 2.89. The Kier molecular flexibility index (Phi) is 4.53. The topological polar surface area (TPSA) is 72.8 Å². The van der Waals surface area contributed by atoms with Gasteiger partial charge in [0, 0.05) is 36.0 Å². The summed E-state index contributed by atoms with van der Waals surface area (Å²) in [6.07, 6.45) is 2.41. The minimum Gasteiger partial charge on any atom is -0.547 e. The highest BCUT2D eigenvalue weighted by atomic mass is 28.4. The van der Waals surface area contributed by atoms with Gasteiger partial charge in [0.2, 0.25) is 8.32 Å². The largest absolute Gasteiger partial charge is 0.547 e. The van der Waals surface area contributed by atoms with Crippen molar-refractivity contribution < 1.29 is 23.9 Å². The first kappa shape index (κ1) is 20.9. The quantitative estimate of drug-likeness (QED) is 0.539. The highest BCUT2D eigenvalue weighted by Crippen LogP contribution is 2.62. The Morgan fingerprint density at radius 1 is 1.21 bits per heavy atom. The second-order valence-electron chi connectivity index (χ2n) is 11.2. The third-order valence-corrected chi connectivity index (χ3v) is 12.8. The minimum absolute atomic E-state index is 0.00892. The normalized spacial score (nSPS) is 39.6. The van der Waals surface area contributed by atoms with Crippen LogP contribution in [0.5, 0.6) is 0 Å². The molecule has 0 bridgehead atoms. The second-order valence-corrected chi connectivity index (χ2v) is 15.9. The Bertz CT molecular complexity index is 833. The summed E-state index contributed by atoms with van der Waals surface area (Å²) >= 11 is 0. The number of Topliss-reactive ketones (excluding diaryl/α,β-unsaturated/α-hetero) is 1. The Morgan fingerprint density at radius 2 is 1.86 bits per heavy atom. The fraction of sp³-hybridized carbons (Fsp3) is 0.739. The fourth-order valence-electron chi connectivity index (χ4n) is 5.85. The molecule has 0 aromatic heterocycles. The van der Waals surface area contributed by atoms with Crippen molar-refractivity contribution in [3.05, 3.63) is 23.0 Å². The Morgan fingerprint density at radius 3 is 2.48 bits per heavy atom. The summed E-state index contributed by atoms with van der Waals surface area (Å²) in [7, 11) is -2.08. The molecule has 6 heteroatoms. The zero-order chi connectivity index (χ0) is 21.5. The van der Waals surface area contributed by atoms with Gasteiger partial charge in [0.15, 0.2) is 5.78 Å². The minimum atomic E-state index is -2.08.